The van der Waals surface area contributed by atoms with Crippen molar-refractivity contribution in [2.75, 3.05) is 6.26 Å². The molecular weight excluding hydrogens is 225 g/mol. The highest BCUT2D eigenvalue weighted by molar-refractivity contribution is 7.99. The third-order valence-electron chi connectivity index (χ3n) is 2.59. The van der Waals surface area contributed by atoms with E-state index in [4.69, 9.17) is 0 Å². The van der Waals surface area contributed by atoms with Gasteiger partial charge in [0.05, 0.1) is 0 Å². The van der Waals surface area contributed by atoms with E-state index < -0.39 is 11.9 Å². The van der Waals surface area contributed by atoms with Crippen molar-refractivity contribution in [3.63, 3.8) is 0 Å². The normalized spacial score (nSPS) is 21.5. The molecule has 0 spiro atoms. The Balaban J connectivity index is 2.26. The first kappa shape index (κ1) is 10.9. The molecule has 0 bridgehead atoms. The molecule has 84 valence electrons. The lowest BCUT2D eigenvalue weighted by Gasteiger charge is -2.21. The molecule has 1 aromatic rings. The minimum Gasteiger partial charge on any atom is -0.334 e. The Kier molecular flexibility index (Phi) is 2.70. The van der Waals surface area contributed by atoms with E-state index in [2.05, 4.69) is 4.98 Å². The van der Waals surface area contributed by atoms with E-state index in [0.717, 1.165) is 12.6 Å². The maximum Gasteiger partial charge on any atom is 0.434 e. The molecule has 2 heterocycles. The number of halogens is 3. The molecule has 1 unspecified atom stereocenters. The summed E-state index contributed by atoms with van der Waals surface area (Å²) in [7, 11) is 0. The van der Waals surface area contributed by atoms with Crippen LogP contribution in [0.2, 0.25) is 0 Å². The van der Waals surface area contributed by atoms with Crippen LogP contribution in [-0.4, -0.2) is 21.1 Å². The van der Waals surface area contributed by atoms with Gasteiger partial charge in [-0.05, 0) is 12.7 Å². The maximum absolute atomic E-state index is 12.4. The molecule has 0 aromatic carbocycles. The zero-order chi connectivity index (χ0) is 11.1. The van der Waals surface area contributed by atoms with E-state index in [1.165, 1.54) is 0 Å². The number of nitrogens with zero attached hydrogens (tertiary/aromatic N) is 2. The second-order valence-corrected chi connectivity index (χ2v) is 4.72. The van der Waals surface area contributed by atoms with E-state index in [-0.39, 0.29) is 0 Å². The number of aryl methyl sites for hydroxylation is 1. The Hall–Kier alpha value is -0.650. The highest BCUT2D eigenvalue weighted by atomic mass is 32.2. The zero-order valence-electron chi connectivity index (χ0n) is 8.21. The Morgan fingerprint density at radius 2 is 2.27 bits per heavy atom. The Labute approximate surface area is 89.9 Å². The molecule has 0 saturated heterocycles. The van der Waals surface area contributed by atoms with Gasteiger partial charge in [0.25, 0.3) is 0 Å². The van der Waals surface area contributed by atoms with Crippen LogP contribution in [0.15, 0.2) is 6.20 Å². The molecule has 0 amide bonds. The van der Waals surface area contributed by atoms with Crippen LogP contribution >= 0.6 is 11.8 Å². The molecule has 0 fully saturated rings. The minimum atomic E-state index is -4.32. The zero-order valence-corrected chi connectivity index (χ0v) is 9.03. The second kappa shape index (κ2) is 3.73. The highest BCUT2D eigenvalue weighted by Gasteiger charge is 2.35. The van der Waals surface area contributed by atoms with Gasteiger partial charge in [0.15, 0.2) is 5.69 Å². The number of fused-ring (bicyclic) bond motifs is 1. The fourth-order valence-electron chi connectivity index (χ4n) is 1.74. The standard InChI is InChI=1S/C9H11F3N2S/c1-15-6-2-3-14-5-7(9(10,11)12)13-8(14)4-6/h5-6H,2-4H2,1H3. The van der Waals surface area contributed by atoms with E-state index in [1.54, 1.807) is 16.3 Å². The first-order valence-electron chi connectivity index (χ1n) is 4.66. The van der Waals surface area contributed by atoms with Gasteiger partial charge in [-0.3, -0.25) is 0 Å². The van der Waals surface area contributed by atoms with E-state index >= 15 is 0 Å². The van der Waals surface area contributed by atoms with Gasteiger partial charge in [-0.1, -0.05) is 0 Å². The SMILES string of the molecule is CSC1CCn2cc(C(F)(F)F)nc2C1. The minimum absolute atomic E-state index is 0.404. The van der Waals surface area contributed by atoms with Crippen LogP contribution in [0.3, 0.4) is 0 Å². The summed E-state index contributed by atoms with van der Waals surface area (Å²) in [5.41, 5.74) is -0.765. The molecule has 1 atom stereocenters. The van der Waals surface area contributed by atoms with Gasteiger partial charge in [0.1, 0.15) is 5.82 Å². The molecule has 2 nitrogen and oxygen atoms in total. The number of rotatable bonds is 1. The number of imidazole rings is 1. The number of hydrogen-bond acceptors (Lipinski definition) is 2. The van der Waals surface area contributed by atoms with Crippen LogP contribution < -0.4 is 0 Å². The molecule has 1 aliphatic heterocycles. The molecule has 6 heteroatoms. The van der Waals surface area contributed by atoms with Crippen molar-refractivity contribution in [1.82, 2.24) is 9.55 Å². The molecule has 0 saturated carbocycles. The van der Waals surface area contributed by atoms with Crippen molar-refractivity contribution in [3.8, 4) is 0 Å². The van der Waals surface area contributed by atoms with Crippen LogP contribution in [0, 0.1) is 0 Å². The fraction of sp³-hybridized carbons (Fsp3) is 0.667. The molecule has 2 rings (SSSR count). The van der Waals surface area contributed by atoms with Gasteiger partial charge >= 0.3 is 6.18 Å². The van der Waals surface area contributed by atoms with Gasteiger partial charge in [-0.25, -0.2) is 4.98 Å². The molecule has 0 radical (unpaired) electrons. The summed E-state index contributed by atoms with van der Waals surface area (Å²) in [5.74, 6) is 0.563. The average molecular weight is 236 g/mol. The quantitative estimate of drug-likeness (QED) is 0.745. The predicted octanol–water partition coefficient (Wildman–Crippen LogP) is 2.58. The van der Waals surface area contributed by atoms with Gasteiger partial charge in [0.2, 0.25) is 0 Å². The van der Waals surface area contributed by atoms with Crippen molar-refractivity contribution in [3.05, 3.63) is 17.7 Å². The second-order valence-electron chi connectivity index (χ2n) is 3.58. The van der Waals surface area contributed by atoms with E-state index in [9.17, 15) is 13.2 Å². The van der Waals surface area contributed by atoms with Gasteiger partial charge < -0.3 is 4.57 Å². The van der Waals surface area contributed by atoms with Crippen molar-refractivity contribution in [1.29, 1.82) is 0 Å². The van der Waals surface area contributed by atoms with Crippen LogP contribution in [0.1, 0.15) is 17.9 Å². The molecular formula is C9H11F3N2S. The molecule has 15 heavy (non-hydrogen) atoms. The summed E-state index contributed by atoms with van der Waals surface area (Å²) in [5, 5.41) is 0.404. The number of alkyl halides is 3. The van der Waals surface area contributed by atoms with Crippen LogP contribution in [0.5, 0.6) is 0 Å². The van der Waals surface area contributed by atoms with Crippen molar-refractivity contribution in [2.45, 2.75) is 30.8 Å². The monoisotopic (exact) mass is 236 g/mol. The van der Waals surface area contributed by atoms with Crippen LogP contribution in [0.25, 0.3) is 0 Å². The van der Waals surface area contributed by atoms with Crippen molar-refractivity contribution >= 4 is 11.8 Å². The van der Waals surface area contributed by atoms with Gasteiger partial charge in [-0.15, -0.1) is 0 Å². The Bertz CT molecular complexity index is 359. The lowest BCUT2D eigenvalue weighted by atomic mass is 10.1. The smallest absolute Gasteiger partial charge is 0.334 e. The van der Waals surface area contributed by atoms with E-state index in [1.807, 2.05) is 6.26 Å². The third-order valence-corrected chi connectivity index (χ3v) is 3.65. The lowest BCUT2D eigenvalue weighted by molar-refractivity contribution is -0.141. The first-order chi connectivity index (χ1) is 7.00. The molecule has 1 aromatic heterocycles. The predicted molar refractivity (Wildman–Crippen MR) is 52.9 cm³/mol. The van der Waals surface area contributed by atoms with Gasteiger partial charge in [0, 0.05) is 24.4 Å². The number of aromatic nitrogens is 2. The Morgan fingerprint density at radius 3 is 2.87 bits per heavy atom. The summed E-state index contributed by atoms with van der Waals surface area (Å²) in [6.45, 7) is 0.643. The first-order valence-corrected chi connectivity index (χ1v) is 5.95. The third kappa shape index (κ3) is 2.14. The molecule has 0 aliphatic carbocycles. The highest BCUT2D eigenvalue weighted by Crippen LogP contribution is 2.31. The molecule has 1 aliphatic rings. The molecule has 0 N–H and O–H groups in total. The summed E-state index contributed by atoms with van der Waals surface area (Å²) >= 11 is 1.69. The largest absolute Gasteiger partial charge is 0.434 e. The Morgan fingerprint density at radius 1 is 1.53 bits per heavy atom. The lowest BCUT2D eigenvalue weighted by Crippen LogP contribution is -2.20. The average Bonchev–Trinajstić information content (AvgIpc) is 2.59. The summed E-state index contributed by atoms with van der Waals surface area (Å²) in [6, 6.07) is 0. The van der Waals surface area contributed by atoms with Gasteiger partial charge in [-0.2, -0.15) is 24.9 Å². The topological polar surface area (TPSA) is 17.8 Å². The number of thioether (sulfide) groups is 1. The van der Waals surface area contributed by atoms with Crippen LogP contribution in [-0.2, 0) is 19.1 Å². The van der Waals surface area contributed by atoms with Crippen molar-refractivity contribution < 1.29 is 13.2 Å². The number of hydrogen-bond donors (Lipinski definition) is 0. The van der Waals surface area contributed by atoms with Crippen molar-refractivity contribution in [2.24, 2.45) is 0 Å². The summed E-state index contributed by atoms with van der Waals surface area (Å²) in [4.78, 5) is 3.64. The van der Waals surface area contributed by atoms with E-state index in [0.29, 0.717) is 24.0 Å². The van der Waals surface area contributed by atoms with Crippen LogP contribution in [0.4, 0.5) is 13.2 Å². The fourth-order valence-corrected chi connectivity index (χ4v) is 2.39. The summed E-state index contributed by atoms with van der Waals surface area (Å²) < 4.78 is 38.7. The summed E-state index contributed by atoms with van der Waals surface area (Å²) in [6.07, 6.45) is 0.331. The maximum atomic E-state index is 12.4.